The first-order valence-electron chi connectivity index (χ1n) is 21.8. The fourth-order valence-electron chi connectivity index (χ4n) is 10.4. The maximum absolute atomic E-state index is 2.78. The van der Waals surface area contributed by atoms with Crippen LogP contribution < -0.4 is 20.7 Å². The average Bonchev–Trinajstić information content (AvgIpc) is 3.88. The van der Waals surface area contributed by atoms with Crippen molar-refractivity contribution in [2.24, 2.45) is 0 Å². The van der Waals surface area contributed by atoms with Gasteiger partial charge in [-0.1, -0.05) is 224 Å². The Morgan fingerprint density at radius 2 is 0.730 bits per heavy atom. The Balaban J connectivity index is 1.20. The van der Waals surface area contributed by atoms with Gasteiger partial charge in [0, 0.05) is 32.7 Å². The van der Waals surface area contributed by atoms with Gasteiger partial charge in [0.2, 0.25) is 0 Å². The molecule has 0 fully saturated rings. The summed E-state index contributed by atoms with van der Waals surface area (Å²) in [7, 11) is -2.78. The second-order valence-electron chi connectivity index (χ2n) is 16.4. The Morgan fingerprint density at radius 3 is 1.33 bits per heavy atom. The molecule has 12 rings (SSSR count). The number of fused-ring (bicyclic) bond motifs is 6. The van der Waals surface area contributed by atoms with Gasteiger partial charge in [-0.05, 0) is 62.2 Å². The van der Waals surface area contributed by atoms with Crippen LogP contribution in [-0.2, 0) is 0 Å². The van der Waals surface area contributed by atoms with Gasteiger partial charge < -0.3 is 9.13 Å². The summed E-state index contributed by atoms with van der Waals surface area (Å²) in [5.74, 6) is 0. The van der Waals surface area contributed by atoms with E-state index in [0.29, 0.717) is 0 Å². The van der Waals surface area contributed by atoms with E-state index < -0.39 is 8.07 Å². The monoisotopic (exact) mass is 818 g/mol. The summed E-state index contributed by atoms with van der Waals surface area (Å²) in [6.45, 7) is 0. The lowest BCUT2D eigenvalue weighted by atomic mass is 9.98. The minimum Gasteiger partial charge on any atom is -0.309 e. The number of hydrogen-bond donors (Lipinski definition) is 0. The second-order valence-corrected chi connectivity index (χ2v) is 20.2. The van der Waals surface area contributed by atoms with Gasteiger partial charge in [-0.2, -0.15) is 0 Å². The lowest BCUT2D eigenvalue weighted by Gasteiger charge is -2.34. The van der Waals surface area contributed by atoms with E-state index in [-0.39, 0.29) is 0 Å². The lowest BCUT2D eigenvalue weighted by molar-refractivity contribution is 1.16. The zero-order valence-electron chi connectivity index (χ0n) is 34.6. The lowest BCUT2D eigenvalue weighted by Crippen LogP contribution is -2.74. The molecule has 2 aromatic heterocycles. The van der Waals surface area contributed by atoms with Crippen molar-refractivity contribution in [1.82, 2.24) is 9.13 Å². The van der Waals surface area contributed by atoms with Crippen molar-refractivity contribution >= 4 is 72.4 Å². The van der Waals surface area contributed by atoms with Crippen LogP contribution in [0.5, 0.6) is 0 Å². The van der Waals surface area contributed by atoms with Gasteiger partial charge >= 0.3 is 0 Å². The molecule has 0 saturated heterocycles. The molecule has 0 spiro atoms. The van der Waals surface area contributed by atoms with Crippen LogP contribution in [0.25, 0.3) is 77.2 Å². The first-order chi connectivity index (χ1) is 31.3. The van der Waals surface area contributed by atoms with Crippen LogP contribution in [-0.4, -0.2) is 17.2 Å². The number of aromatic nitrogens is 2. The van der Waals surface area contributed by atoms with E-state index in [4.69, 9.17) is 0 Å². The third kappa shape index (κ3) is 5.78. The maximum Gasteiger partial charge on any atom is 0.179 e. The molecule has 12 aromatic rings. The third-order valence-electron chi connectivity index (χ3n) is 13.1. The Labute approximate surface area is 368 Å². The van der Waals surface area contributed by atoms with Gasteiger partial charge in [-0.25, -0.2) is 0 Å². The Kier molecular flexibility index (Phi) is 8.87. The molecule has 0 atom stereocenters. The van der Waals surface area contributed by atoms with Gasteiger partial charge in [0.05, 0.1) is 33.4 Å². The summed E-state index contributed by atoms with van der Waals surface area (Å²) in [5.41, 5.74) is 11.8. The molecule has 3 heteroatoms. The van der Waals surface area contributed by atoms with Crippen LogP contribution in [0.2, 0.25) is 0 Å². The molecule has 0 aliphatic carbocycles. The summed E-state index contributed by atoms with van der Waals surface area (Å²) < 4.78 is 5.04. The van der Waals surface area contributed by atoms with Crippen molar-refractivity contribution in [2.45, 2.75) is 0 Å². The molecule has 0 bridgehead atoms. The maximum atomic E-state index is 2.53. The van der Waals surface area contributed by atoms with Crippen LogP contribution in [0.1, 0.15) is 0 Å². The van der Waals surface area contributed by atoms with Crippen molar-refractivity contribution in [1.29, 1.82) is 0 Å². The molecule has 0 radical (unpaired) electrons. The number of nitrogens with zero attached hydrogens (tertiary/aromatic N) is 2. The fraction of sp³-hybridized carbons (Fsp3) is 0. The first kappa shape index (κ1) is 36.8. The highest BCUT2D eigenvalue weighted by Crippen LogP contribution is 2.45. The van der Waals surface area contributed by atoms with Crippen molar-refractivity contribution in [2.75, 3.05) is 0 Å². The molecule has 2 heterocycles. The fourth-order valence-corrected chi connectivity index (χ4v) is 15.2. The first-order valence-corrected chi connectivity index (χ1v) is 23.8. The highest BCUT2D eigenvalue weighted by atomic mass is 28.3. The zero-order valence-corrected chi connectivity index (χ0v) is 35.6. The van der Waals surface area contributed by atoms with E-state index in [2.05, 4.69) is 264 Å². The Morgan fingerprint density at radius 1 is 0.270 bits per heavy atom. The van der Waals surface area contributed by atoms with Crippen LogP contribution in [0.3, 0.4) is 0 Å². The summed E-state index contributed by atoms with van der Waals surface area (Å²) in [6, 6.07) is 94.3. The minimum absolute atomic E-state index is 1.14. The smallest absolute Gasteiger partial charge is 0.179 e. The zero-order chi connectivity index (χ0) is 41.7. The van der Waals surface area contributed by atoms with Crippen molar-refractivity contribution in [3.8, 4) is 33.6 Å². The van der Waals surface area contributed by atoms with Gasteiger partial charge in [0.1, 0.15) is 0 Å². The van der Waals surface area contributed by atoms with Crippen LogP contribution in [0, 0.1) is 0 Å². The quantitative estimate of drug-likeness (QED) is 0.107. The van der Waals surface area contributed by atoms with E-state index in [0.717, 1.165) is 11.4 Å². The van der Waals surface area contributed by atoms with Gasteiger partial charge in [0.15, 0.2) is 8.07 Å². The van der Waals surface area contributed by atoms with Crippen LogP contribution in [0.15, 0.2) is 255 Å². The molecule has 0 unspecified atom stereocenters. The molecule has 296 valence electrons. The van der Waals surface area contributed by atoms with E-state index in [9.17, 15) is 0 Å². The topological polar surface area (TPSA) is 9.86 Å². The van der Waals surface area contributed by atoms with E-state index >= 15 is 0 Å². The van der Waals surface area contributed by atoms with Crippen molar-refractivity contribution in [3.63, 3.8) is 0 Å². The van der Waals surface area contributed by atoms with Crippen molar-refractivity contribution < 1.29 is 0 Å². The average molecular weight is 819 g/mol. The molecular formula is C60H42N2Si. The number of rotatable bonds is 8. The van der Waals surface area contributed by atoms with Crippen LogP contribution >= 0.6 is 0 Å². The SMILES string of the molecule is c1ccc(-c2ccccc2-n2c3ccccc3c3ccc(-n4c5ccccc5c5cc([Si](c6ccccc6)(c6ccccc6)c6ccccc6)ccc54)c(-c4ccccc4)c32)cc1. The summed E-state index contributed by atoms with van der Waals surface area (Å²) in [5, 5.41) is 10.4. The van der Waals surface area contributed by atoms with Crippen LogP contribution in [0.4, 0.5) is 0 Å². The highest BCUT2D eigenvalue weighted by Gasteiger charge is 2.41. The molecule has 0 N–H and O–H groups in total. The van der Waals surface area contributed by atoms with Gasteiger partial charge in [-0.3, -0.25) is 0 Å². The Bertz CT molecular complexity index is 3500. The normalized spacial score (nSPS) is 11.8. The standard InChI is InChI=1S/C60H42N2Si/c1-6-22-43(23-7-1)49-32-16-19-35-54(49)62-56-37-21-17-33-50(56)52-39-41-58(59(60(52)62)44-24-8-2-9-25-44)61-55-36-20-18-34-51(55)53-42-48(38-40-57(53)61)63(45-26-10-3-11-27-45,46-28-12-4-13-29-46)47-30-14-5-15-31-47/h1-42H. The van der Waals surface area contributed by atoms with Gasteiger partial charge in [-0.15, -0.1) is 0 Å². The predicted molar refractivity (Wildman–Crippen MR) is 270 cm³/mol. The summed E-state index contributed by atoms with van der Waals surface area (Å²) in [4.78, 5) is 0. The molecule has 0 aliphatic rings. The number of hydrogen-bond acceptors (Lipinski definition) is 0. The molecule has 63 heavy (non-hydrogen) atoms. The van der Waals surface area contributed by atoms with E-state index in [1.807, 2.05) is 0 Å². The molecule has 0 amide bonds. The molecule has 10 aromatic carbocycles. The Hall–Kier alpha value is -7.98. The largest absolute Gasteiger partial charge is 0.309 e. The molecule has 0 saturated carbocycles. The van der Waals surface area contributed by atoms with Gasteiger partial charge in [0.25, 0.3) is 0 Å². The molecular weight excluding hydrogens is 777 g/mol. The van der Waals surface area contributed by atoms with Crippen molar-refractivity contribution in [3.05, 3.63) is 255 Å². The molecule has 2 nitrogen and oxygen atoms in total. The predicted octanol–water partition coefficient (Wildman–Crippen LogP) is 12.6. The minimum atomic E-state index is -2.78. The second kappa shape index (κ2) is 15.2. The third-order valence-corrected chi connectivity index (χ3v) is 17.8. The summed E-state index contributed by atoms with van der Waals surface area (Å²) >= 11 is 0. The highest BCUT2D eigenvalue weighted by molar-refractivity contribution is 7.20. The number of benzene rings is 10. The van der Waals surface area contributed by atoms with E-state index in [1.165, 1.54) is 86.6 Å². The summed E-state index contributed by atoms with van der Waals surface area (Å²) in [6.07, 6.45) is 0. The number of para-hydroxylation sites is 3. The van der Waals surface area contributed by atoms with E-state index in [1.54, 1.807) is 0 Å². The molecule has 0 aliphatic heterocycles.